The van der Waals surface area contributed by atoms with Gasteiger partial charge in [0.1, 0.15) is 0 Å². The van der Waals surface area contributed by atoms with Crippen LogP contribution in [0.3, 0.4) is 0 Å². The lowest BCUT2D eigenvalue weighted by atomic mass is 10.1. The van der Waals surface area contributed by atoms with E-state index in [9.17, 15) is 13.6 Å². The van der Waals surface area contributed by atoms with E-state index in [2.05, 4.69) is 19.9 Å². The van der Waals surface area contributed by atoms with Gasteiger partial charge in [-0.05, 0) is 31.2 Å². The van der Waals surface area contributed by atoms with Crippen LogP contribution in [0.1, 0.15) is 21.9 Å². The molecule has 8 nitrogen and oxygen atoms in total. The number of carbonyl (C=O) groups excluding carboxylic acids is 1. The van der Waals surface area contributed by atoms with Gasteiger partial charge in [-0.1, -0.05) is 23.4 Å². The van der Waals surface area contributed by atoms with Gasteiger partial charge in [0, 0.05) is 22.2 Å². The van der Waals surface area contributed by atoms with Crippen LogP contribution in [-0.4, -0.2) is 34.8 Å². The van der Waals surface area contributed by atoms with Gasteiger partial charge < -0.3 is 23.7 Å². The van der Waals surface area contributed by atoms with Crippen molar-refractivity contribution in [2.45, 2.75) is 20.1 Å². The number of fused-ring (bicyclic) bond motifs is 1. The zero-order valence-electron chi connectivity index (χ0n) is 16.5. The van der Waals surface area contributed by atoms with Gasteiger partial charge in [-0.25, -0.2) is 4.79 Å². The number of H-pyrrole nitrogens is 1. The molecular formula is C21H17F2N3O5. The summed E-state index contributed by atoms with van der Waals surface area (Å²) in [6.45, 7) is -1.42. The zero-order valence-corrected chi connectivity index (χ0v) is 16.5. The Morgan fingerprint density at radius 1 is 1.19 bits per heavy atom. The van der Waals surface area contributed by atoms with E-state index >= 15 is 0 Å². The maximum absolute atomic E-state index is 12.6. The van der Waals surface area contributed by atoms with Crippen LogP contribution in [0.5, 0.6) is 11.5 Å². The number of aromatic amines is 1. The molecule has 0 radical (unpaired) electrons. The van der Waals surface area contributed by atoms with E-state index in [0.29, 0.717) is 16.8 Å². The van der Waals surface area contributed by atoms with E-state index < -0.39 is 12.6 Å². The van der Waals surface area contributed by atoms with Gasteiger partial charge in [-0.2, -0.15) is 13.8 Å². The molecule has 10 heteroatoms. The summed E-state index contributed by atoms with van der Waals surface area (Å²) in [5, 5.41) is 4.59. The molecule has 0 amide bonds. The quantitative estimate of drug-likeness (QED) is 0.432. The van der Waals surface area contributed by atoms with E-state index in [1.165, 1.54) is 25.3 Å². The average molecular weight is 429 g/mol. The van der Waals surface area contributed by atoms with Crippen LogP contribution in [-0.2, 0) is 11.3 Å². The highest BCUT2D eigenvalue weighted by molar-refractivity contribution is 6.05. The molecule has 2 heterocycles. The number of halogens is 2. The van der Waals surface area contributed by atoms with Crippen molar-refractivity contribution in [2.75, 3.05) is 7.11 Å². The minimum absolute atomic E-state index is 0.0766. The first kappa shape index (κ1) is 20.3. The van der Waals surface area contributed by atoms with Gasteiger partial charge in [0.05, 0.1) is 12.7 Å². The van der Waals surface area contributed by atoms with Crippen molar-refractivity contribution in [3.05, 3.63) is 59.6 Å². The summed E-state index contributed by atoms with van der Waals surface area (Å²) in [5.41, 5.74) is 2.41. The van der Waals surface area contributed by atoms with Crippen molar-refractivity contribution in [3.8, 4) is 22.9 Å². The van der Waals surface area contributed by atoms with E-state index in [0.717, 1.165) is 10.9 Å². The number of ether oxygens (including phenoxy) is 3. The fourth-order valence-electron chi connectivity index (χ4n) is 3.17. The normalized spacial score (nSPS) is 11.1. The lowest BCUT2D eigenvalue weighted by Crippen LogP contribution is -2.06. The molecule has 0 aliphatic rings. The van der Waals surface area contributed by atoms with E-state index in [1.807, 2.05) is 24.3 Å². The Morgan fingerprint density at radius 2 is 2.00 bits per heavy atom. The molecule has 0 spiro atoms. The number of aryl methyl sites for hydroxylation is 1. The highest BCUT2D eigenvalue weighted by atomic mass is 19.3. The number of rotatable bonds is 7. The monoisotopic (exact) mass is 429 g/mol. The fourth-order valence-corrected chi connectivity index (χ4v) is 3.17. The standard InChI is InChI=1S/C21H17F2N3O5/c1-11-18(13-5-3-4-6-14(13)24-11)20(27)29-10-17-25-19(26-31-17)12-7-8-15(30-21(22)23)16(9-12)28-2/h3-9,21,24H,10H2,1-2H3. The van der Waals surface area contributed by atoms with Gasteiger partial charge in [-0.15, -0.1) is 0 Å². The van der Waals surface area contributed by atoms with Gasteiger partial charge in [0.15, 0.2) is 18.1 Å². The van der Waals surface area contributed by atoms with Crippen LogP contribution in [0.15, 0.2) is 47.0 Å². The SMILES string of the molecule is COc1cc(-c2noc(COC(=O)c3c(C)[nH]c4ccccc34)n2)ccc1OC(F)F. The Morgan fingerprint density at radius 3 is 2.77 bits per heavy atom. The first-order valence-electron chi connectivity index (χ1n) is 9.16. The van der Waals surface area contributed by atoms with Crippen molar-refractivity contribution in [2.24, 2.45) is 0 Å². The van der Waals surface area contributed by atoms with E-state index in [1.54, 1.807) is 6.92 Å². The number of hydrogen-bond acceptors (Lipinski definition) is 7. The fraction of sp³-hybridized carbons (Fsp3) is 0.190. The summed E-state index contributed by atoms with van der Waals surface area (Å²) < 4.78 is 44.9. The number of nitrogens with one attached hydrogen (secondary N) is 1. The molecule has 1 N–H and O–H groups in total. The second-order valence-corrected chi connectivity index (χ2v) is 6.50. The highest BCUT2D eigenvalue weighted by Crippen LogP contribution is 2.32. The summed E-state index contributed by atoms with van der Waals surface area (Å²) in [4.78, 5) is 19.9. The van der Waals surface area contributed by atoms with Crippen LogP contribution >= 0.6 is 0 Å². The molecule has 4 rings (SSSR count). The van der Waals surface area contributed by atoms with Gasteiger partial charge >= 0.3 is 12.6 Å². The Hall–Kier alpha value is -3.95. The topological polar surface area (TPSA) is 99.5 Å². The maximum Gasteiger partial charge on any atom is 0.387 e. The molecule has 0 aliphatic carbocycles. The molecule has 0 fully saturated rings. The largest absolute Gasteiger partial charge is 0.493 e. The van der Waals surface area contributed by atoms with Crippen molar-refractivity contribution >= 4 is 16.9 Å². The predicted molar refractivity (Wildman–Crippen MR) is 105 cm³/mol. The first-order chi connectivity index (χ1) is 15.0. The van der Waals surface area contributed by atoms with E-state index in [4.69, 9.17) is 14.0 Å². The summed E-state index contributed by atoms with van der Waals surface area (Å²) in [7, 11) is 1.32. The summed E-state index contributed by atoms with van der Waals surface area (Å²) >= 11 is 0. The second-order valence-electron chi connectivity index (χ2n) is 6.50. The van der Waals surface area contributed by atoms with Crippen molar-refractivity contribution in [1.82, 2.24) is 15.1 Å². The minimum atomic E-state index is -2.98. The van der Waals surface area contributed by atoms with Crippen molar-refractivity contribution < 1.29 is 32.3 Å². The number of alkyl halides is 2. The van der Waals surface area contributed by atoms with Crippen molar-refractivity contribution in [1.29, 1.82) is 0 Å². The first-order valence-corrected chi connectivity index (χ1v) is 9.16. The van der Waals surface area contributed by atoms with Gasteiger partial charge in [0.2, 0.25) is 5.82 Å². The number of carbonyl (C=O) groups is 1. The number of esters is 1. The number of para-hydroxylation sites is 1. The number of nitrogens with zero attached hydrogens (tertiary/aromatic N) is 2. The Kier molecular flexibility index (Phi) is 5.52. The molecule has 0 aliphatic heterocycles. The molecule has 2 aromatic carbocycles. The van der Waals surface area contributed by atoms with Crippen LogP contribution < -0.4 is 9.47 Å². The molecule has 2 aromatic heterocycles. The number of aromatic nitrogens is 3. The van der Waals surface area contributed by atoms with Crippen molar-refractivity contribution in [3.63, 3.8) is 0 Å². The molecule has 160 valence electrons. The molecule has 4 aromatic rings. The number of hydrogen-bond donors (Lipinski definition) is 1. The van der Waals surface area contributed by atoms with Gasteiger partial charge in [0.25, 0.3) is 5.89 Å². The Labute approximate surface area is 174 Å². The average Bonchev–Trinajstić information content (AvgIpc) is 3.35. The second kappa shape index (κ2) is 8.42. The zero-order chi connectivity index (χ0) is 22.0. The smallest absolute Gasteiger partial charge is 0.387 e. The summed E-state index contributed by atoms with van der Waals surface area (Å²) in [6, 6.07) is 11.6. The third-order valence-electron chi connectivity index (χ3n) is 4.53. The predicted octanol–water partition coefficient (Wildman–Crippen LogP) is 4.49. The molecular weight excluding hydrogens is 412 g/mol. The van der Waals surface area contributed by atoms with Crippen LogP contribution in [0.2, 0.25) is 0 Å². The molecule has 0 unspecified atom stereocenters. The highest BCUT2D eigenvalue weighted by Gasteiger charge is 2.19. The van der Waals surface area contributed by atoms with E-state index in [-0.39, 0.29) is 29.8 Å². The molecule has 0 saturated heterocycles. The Bertz CT molecular complexity index is 1230. The molecule has 0 atom stereocenters. The van der Waals surface area contributed by atoms with Crippen LogP contribution in [0.4, 0.5) is 8.78 Å². The lowest BCUT2D eigenvalue weighted by Gasteiger charge is -2.10. The third-order valence-corrected chi connectivity index (χ3v) is 4.53. The number of benzene rings is 2. The van der Waals surface area contributed by atoms with Crippen LogP contribution in [0, 0.1) is 6.92 Å². The lowest BCUT2D eigenvalue weighted by molar-refractivity contribution is -0.0512. The van der Waals surface area contributed by atoms with Crippen LogP contribution in [0.25, 0.3) is 22.3 Å². The number of methoxy groups -OCH3 is 1. The molecule has 0 bridgehead atoms. The summed E-state index contributed by atoms with van der Waals surface area (Å²) in [5.74, 6) is -0.299. The maximum atomic E-state index is 12.6. The molecule has 0 saturated carbocycles. The molecule has 31 heavy (non-hydrogen) atoms. The minimum Gasteiger partial charge on any atom is -0.493 e. The summed E-state index contributed by atoms with van der Waals surface area (Å²) in [6.07, 6.45) is 0. The third kappa shape index (κ3) is 4.18. The van der Waals surface area contributed by atoms with Gasteiger partial charge in [-0.3, -0.25) is 0 Å². The Balaban J connectivity index is 1.48.